The summed E-state index contributed by atoms with van der Waals surface area (Å²) in [6, 6.07) is 3.88. The van der Waals surface area contributed by atoms with Crippen molar-refractivity contribution >= 4 is 13.7 Å². The fourth-order valence-electron chi connectivity index (χ4n) is 3.67. The Morgan fingerprint density at radius 3 is 2.44 bits per heavy atom. The number of aryl methyl sites for hydroxylation is 1. The molecule has 1 aliphatic heterocycles. The Kier molecular flexibility index (Phi) is 10.8. The van der Waals surface area contributed by atoms with E-state index in [1.54, 1.807) is 33.8 Å². The lowest BCUT2D eigenvalue weighted by Crippen LogP contribution is -2.35. The highest BCUT2D eigenvalue weighted by Gasteiger charge is 2.40. The standard InChI is InChI=1S/C24H36F4NO6P/c1-18-29-23(16-33-18,17-34-36(30,31)35-22(2,3)4)12-11-19-9-10-21(20(15-19)24(26,27)28)32-14-8-6-5-7-13-25/h9-10,15H,5-8,11-14,16-17H2,1-4H3,(H,30,31). The molecule has 0 radical (unpaired) electrons. The molecule has 0 aliphatic carbocycles. The van der Waals surface area contributed by atoms with Gasteiger partial charge in [-0.15, -0.1) is 0 Å². The smallest absolute Gasteiger partial charge is 0.472 e. The Labute approximate surface area is 209 Å². The van der Waals surface area contributed by atoms with Crippen LogP contribution in [0.2, 0.25) is 0 Å². The number of phosphoric acid groups is 1. The number of unbranched alkanes of at least 4 members (excludes halogenated alkanes) is 3. The minimum atomic E-state index is -4.61. The fraction of sp³-hybridized carbons (Fsp3) is 0.708. The molecule has 7 nitrogen and oxygen atoms in total. The molecule has 0 amide bonds. The van der Waals surface area contributed by atoms with Crippen molar-refractivity contribution in [1.29, 1.82) is 0 Å². The average Bonchev–Trinajstić information content (AvgIpc) is 3.13. The Morgan fingerprint density at radius 2 is 1.86 bits per heavy atom. The molecule has 0 aromatic heterocycles. The number of halogens is 4. The first-order chi connectivity index (χ1) is 16.6. The van der Waals surface area contributed by atoms with Crippen molar-refractivity contribution in [3.63, 3.8) is 0 Å². The van der Waals surface area contributed by atoms with Gasteiger partial charge in [0.1, 0.15) is 17.9 Å². The van der Waals surface area contributed by atoms with Crippen molar-refractivity contribution in [1.82, 2.24) is 0 Å². The summed E-state index contributed by atoms with van der Waals surface area (Å²) in [7, 11) is -4.39. The number of phosphoric ester groups is 1. The number of alkyl halides is 4. The predicted molar refractivity (Wildman–Crippen MR) is 128 cm³/mol. The largest absolute Gasteiger partial charge is 0.493 e. The number of hydrogen-bond acceptors (Lipinski definition) is 6. The first-order valence-corrected chi connectivity index (χ1v) is 13.4. The van der Waals surface area contributed by atoms with Gasteiger partial charge in [-0.25, -0.2) is 9.56 Å². The van der Waals surface area contributed by atoms with Crippen LogP contribution >= 0.6 is 7.82 Å². The molecule has 206 valence electrons. The van der Waals surface area contributed by atoms with Gasteiger partial charge in [0.05, 0.1) is 31.1 Å². The van der Waals surface area contributed by atoms with Crippen LogP contribution in [0.25, 0.3) is 0 Å². The van der Waals surface area contributed by atoms with Gasteiger partial charge in [0.2, 0.25) is 0 Å². The fourth-order valence-corrected chi connectivity index (χ4v) is 4.82. The Hall–Kier alpha value is -1.68. The minimum absolute atomic E-state index is 0.0596. The number of nitrogens with zero attached hydrogens (tertiary/aromatic N) is 1. The topological polar surface area (TPSA) is 86.6 Å². The van der Waals surface area contributed by atoms with E-state index in [2.05, 4.69) is 4.99 Å². The molecule has 1 aromatic carbocycles. The van der Waals surface area contributed by atoms with Gasteiger partial charge in [-0.2, -0.15) is 13.2 Å². The number of hydrogen-bond donors (Lipinski definition) is 1. The maximum atomic E-state index is 13.7. The van der Waals surface area contributed by atoms with Crippen molar-refractivity contribution in [2.45, 2.75) is 83.5 Å². The summed E-state index contributed by atoms with van der Waals surface area (Å²) in [6.07, 6.45) is -1.90. The van der Waals surface area contributed by atoms with E-state index in [4.69, 9.17) is 18.5 Å². The molecule has 1 aromatic rings. The zero-order chi connectivity index (χ0) is 27.0. The second-order valence-corrected chi connectivity index (χ2v) is 11.2. The molecule has 0 saturated carbocycles. The SMILES string of the molecule is CC1=NC(CCc2ccc(OCCCCCCF)c(C(F)(F)F)c2)(COP(=O)(O)OC(C)(C)C)CO1. The Bertz CT molecular complexity index is 934. The third kappa shape index (κ3) is 10.4. The number of benzene rings is 1. The van der Waals surface area contributed by atoms with E-state index < -0.39 is 37.4 Å². The lowest BCUT2D eigenvalue weighted by Gasteiger charge is -2.27. The van der Waals surface area contributed by atoms with Gasteiger partial charge in [0.25, 0.3) is 0 Å². The maximum Gasteiger partial charge on any atom is 0.472 e. The molecule has 2 atom stereocenters. The van der Waals surface area contributed by atoms with Crippen molar-refractivity contribution in [2.24, 2.45) is 4.99 Å². The summed E-state index contributed by atoms with van der Waals surface area (Å²) in [6.45, 7) is 5.90. The summed E-state index contributed by atoms with van der Waals surface area (Å²) in [5.74, 6) is 0.0998. The van der Waals surface area contributed by atoms with Gasteiger partial charge in [-0.05, 0) is 70.6 Å². The van der Waals surface area contributed by atoms with Crippen molar-refractivity contribution in [3.05, 3.63) is 29.3 Å². The summed E-state index contributed by atoms with van der Waals surface area (Å²) < 4.78 is 86.6. The van der Waals surface area contributed by atoms with E-state index in [1.165, 1.54) is 6.07 Å². The molecule has 12 heteroatoms. The first-order valence-electron chi connectivity index (χ1n) is 11.9. The Morgan fingerprint density at radius 1 is 1.17 bits per heavy atom. The molecule has 1 heterocycles. The van der Waals surface area contributed by atoms with Gasteiger partial charge in [0, 0.05) is 6.92 Å². The number of ether oxygens (including phenoxy) is 2. The van der Waals surface area contributed by atoms with Crippen LogP contribution in [-0.4, -0.2) is 48.4 Å². The van der Waals surface area contributed by atoms with Crippen LogP contribution in [0.1, 0.15) is 70.9 Å². The van der Waals surface area contributed by atoms with Crippen molar-refractivity contribution < 1.29 is 45.5 Å². The summed E-state index contributed by atoms with van der Waals surface area (Å²) in [5.41, 5.74) is -2.45. The zero-order valence-corrected chi connectivity index (χ0v) is 22.1. The Balaban J connectivity index is 2.08. The van der Waals surface area contributed by atoms with E-state index in [-0.39, 0.29) is 38.4 Å². The molecule has 36 heavy (non-hydrogen) atoms. The van der Waals surface area contributed by atoms with Gasteiger partial charge in [-0.1, -0.05) is 12.5 Å². The summed E-state index contributed by atoms with van der Waals surface area (Å²) in [5, 5.41) is 0. The van der Waals surface area contributed by atoms with E-state index in [9.17, 15) is 27.0 Å². The zero-order valence-electron chi connectivity index (χ0n) is 21.2. The molecule has 0 saturated heterocycles. The molecule has 2 unspecified atom stereocenters. The third-order valence-electron chi connectivity index (χ3n) is 5.34. The van der Waals surface area contributed by atoms with E-state index >= 15 is 0 Å². The van der Waals surface area contributed by atoms with Gasteiger partial charge in [-0.3, -0.25) is 13.4 Å². The van der Waals surface area contributed by atoms with Crippen LogP contribution < -0.4 is 4.74 Å². The molecule has 0 spiro atoms. The molecular weight excluding hydrogens is 505 g/mol. The van der Waals surface area contributed by atoms with Crippen LogP contribution in [0.5, 0.6) is 5.75 Å². The average molecular weight is 542 g/mol. The summed E-state index contributed by atoms with van der Waals surface area (Å²) in [4.78, 5) is 14.4. The molecule has 0 bridgehead atoms. The van der Waals surface area contributed by atoms with Crippen molar-refractivity contribution in [3.8, 4) is 5.75 Å². The highest BCUT2D eigenvalue weighted by atomic mass is 31.2. The number of aliphatic imine (C=N–C) groups is 1. The van der Waals surface area contributed by atoms with Crippen LogP contribution in [0.15, 0.2) is 23.2 Å². The van der Waals surface area contributed by atoms with Gasteiger partial charge in [0.15, 0.2) is 5.90 Å². The van der Waals surface area contributed by atoms with E-state index in [0.29, 0.717) is 37.1 Å². The van der Waals surface area contributed by atoms with E-state index in [0.717, 1.165) is 6.07 Å². The molecule has 0 fully saturated rings. The molecular formula is C24H36F4NO6P. The normalized spacial score (nSPS) is 20.1. The first kappa shape index (κ1) is 30.5. The van der Waals surface area contributed by atoms with Gasteiger partial charge >= 0.3 is 14.0 Å². The quantitative estimate of drug-likeness (QED) is 0.161. The van der Waals surface area contributed by atoms with Crippen molar-refractivity contribution in [2.75, 3.05) is 26.5 Å². The second-order valence-electron chi connectivity index (χ2n) is 9.87. The number of rotatable bonds is 14. The monoisotopic (exact) mass is 541 g/mol. The third-order valence-corrected chi connectivity index (χ3v) is 6.58. The molecule has 1 aliphatic rings. The lowest BCUT2D eigenvalue weighted by atomic mass is 9.93. The minimum Gasteiger partial charge on any atom is -0.493 e. The predicted octanol–water partition coefficient (Wildman–Crippen LogP) is 6.67. The lowest BCUT2D eigenvalue weighted by molar-refractivity contribution is -0.139. The second kappa shape index (κ2) is 12.7. The van der Waals surface area contributed by atoms with E-state index in [1.807, 2.05) is 0 Å². The summed E-state index contributed by atoms with van der Waals surface area (Å²) >= 11 is 0. The highest BCUT2D eigenvalue weighted by molar-refractivity contribution is 7.47. The maximum absolute atomic E-state index is 13.7. The highest BCUT2D eigenvalue weighted by Crippen LogP contribution is 2.48. The van der Waals surface area contributed by atoms with Crippen LogP contribution in [-0.2, 0) is 30.9 Å². The van der Waals surface area contributed by atoms with Crippen LogP contribution in [0.3, 0.4) is 0 Å². The van der Waals surface area contributed by atoms with Gasteiger partial charge < -0.3 is 14.4 Å². The molecule has 2 rings (SSSR count). The van der Waals surface area contributed by atoms with Crippen LogP contribution in [0, 0.1) is 0 Å². The van der Waals surface area contributed by atoms with Crippen LogP contribution in [0.4, 0.5) is 17.6 Å². The molecule has 1 N–H and O–H groups in total.